The standard InChI is InChI=1S/C14H11NO/c1-14(2,16)10-4-3-5-12-6-8-13(11-15)9-7-12/h6-9,16H,1-2H3. The third kappa shape index (κ3) is 4.34. The van der Waals surface area contributed by atoms with Crippen molar-refractivity contribution in [1.82, 2.24) is 0 Å². The highest BCUT2D eigenvalue weighted by molar-refractivity contribution is 5.43. The van der Waals surface area contributed by atoms with Gasteiger partial charge in [-0.25, -0.2) is 0 Å². The first-order chi connectivity index (χ1) is 7.51. The number of aliphatic hydroxyl groups is 1. The number of hydrogen-bond donors (Lipinski definition) is 1. The quantitative estimate of drug-likeness (QED) is 0.661. The van der Waals surface area contributed by atoms with Crippen molar-refractivity contribution in [1.29, 1.82) is 5.26 Å². The number of hydrogen-bond acceptors (Lipinski definition) is 2. The van der Waals surface area contributed by atoms with Gasteiger partial charge >= 0.3 is 0 Å². The van der Waals surface area contributed by atoms with E-state index in [1.54, 1.807) is 38.1 Å². The highest BCUT2D eigenvalue weighted by Gasteiger charge is 2.04. The second kappa shape index (κ2) is 5.04. The summed E-state index contributed by atoms with van der Waals surface area (Å²) in [5.41, 5.74) is 0.386. The molecule has 1 aromatic rings. The van der Waals surface area contributed by atoms with Crippen molar-refractivity contribution < 1.29 is 5.11 Å². The molecule has 78 valence electrons. The van der Waals surface area contributed by atoms with E-state index in [2.05, 4.69) is 23.7 Å². The predicted octanol–water partition coefficient (Wildman–Crippen LogP) is 1.68. The lowest BCUT2D eigenvalue weighted by Gasteiger charge is -2.04. The smallest absolute Gasteiger partial charge is 0.120 e. The highest BCUT2D eigenvalue weighted by atomic mass is 16.3. The molecule has 0 saturated carbocycles. The molecule has 2 heteroatoms. The van der Waals surface area contributed by atoms with Crippen LogP contribution in [0.3, 0.4) is 0 Å². The van der Waals surface area contributed by atoms with Gasteiger partial charge in [-0.15, -0.1) is 0 Å². The topological polar surface area (TPSA) is 44.0 Å². The Morgan fingerprint density at radius 3 is 2.12 bits per heavy atom. The Morgan fingerprint density at radius 1 is 1.06 bits per heavy atom. The Bertz CT molecular complexity index is 519. The molecule has 0 aliphatic carbocycles. The molecule has 0 aliphatic heterocycles. The van der Waals surface area contributed by atoms with Crippen LogP contribution < -0.4 is 0 Å². The minimum absolute atomic E-state index is 0.605. The summed E-state index contributed by atoms with van der Waals surface area (Å²) in [6, 6.07) is 8.96. The van der Waals surface area contributed by atoms with Gasteiger partial charge in [0.15, 0.2) is 0 Å². The average molecular weight is 209 g/mol. The molecule has 1 N–H and O–H groups in total. The fourth-order valence-electron chi connectivity index (χ4n) is 0.916. The third-order valence-electron chi connectivity index (χ3n) is 1.65. The highest BCUT2D eigenvalue weighted by Crippen LogP contribution is 2.01. The zero-order valence-electron chi connectivity index (χ0n) is 9.20. The van der Waals surface area contributed by atoms with Gasteiger partial charge in [0.25, 0.3) is 0 Å². The van der Waals surface area contributed by atoms with Gasteiger partial charge in [0.05, 0.1) is 11.6 Å². The summed E-state index contributed by atoms with van der Waals surface area (Å²) in [4.78, 5) is 0. The van der Waals surface area contributed by atoms with Gasteiger partial charge in [0.1, 0.15) is 5.60 Å². The van der Waals surface area contributed by atoms with Crippen molar-refractivity contribution in [3.05, 3.63) is 35.4 Å². The lowest BCUT2D eigenvalue weighted by molar-refractivity contribution is 0.143. The molecule has 0 aromatic heterocycles. The fraction of sp³-hybridized carbons (Fsp3) is 0.214. The van der Waals surface area contributed by atoms with Crippen molar-refractivity contribution in [3.8, 4) is 29.8 Å². The lowest BCUT2D eigenvalue weighted by Crippen LogP contribution is -2.14. The first kappa shape index (κ1) is 11.9. The molecule has 1 aromatic carbocycles. The Labute approximate surface area is 95.5 Å². The van der Waals surface area contributed by atoms with E-state index in [-0.39, 0.29) is 0 Å². The Kier molecular flexibility index (Phi) is 3.73. The molecule has 16 heavy (non-hydrogen) atoms. The van der Waals surface area contributed by atoms with E-state index in [0.717, 1.165) is 5.56 Å². The molecule has 1 rings (SSSR count). The van der Waals surface area contributed by atoms with Gasteiger partial charge in [0.2, 0.25) is 0 Å². The maximum Gasteiger partial charge on any atom is 0.120 e. The molecule has 0 radical (unpaired) electrons. The first-order valence-electron chi connectivity index (χ1n) is 4.77. The van der Waals surface area contributed by atoms with Crippen LogP contribution in [0, 0.1) is 35.0 Å². The SMILES string of the molecule is CC(C)(O)C#CC#Cc1ccc(C#N)cc1. The van der Waals surface area contributed by atoms with Crippen LogP contribution in [0.5, 0.6) is 0 Å². The van der Waals surface area contributed by atoms with Crippen molar-refractivity contribution >= 4 is 0 Å². The maximum atomic E-state index is 9.31. The molecule has 0 amide bonds. The van der Waals surface area contributed by atoms with Gasteiger partial charge in [-0.05, 0) is 50.0 Å². The summed E-state index contributed by atoms with van der Waals surface area (Å²) >= 11 is 0. The largest absolute Gasteiger partial charge is 0.378 e. The first-order valence-corrected chi connectivity index (χ1v) is 4.77. The molecule has 0 spiro atoms. The van der Waals surface area contributed by atoms with E-state index >= 15 is 0 Å². The van der Waals surface area contributed by atoms with E-state index in [9.17, 15) is 5.11 Å². The zero-order chi connectivity index (χ0) is 12.0. The van der Waals surface area contributed by atoms with Crippen LogP contribution in [0.25, 0.3) is 0 Å². The van der Waals surface area contributed by atoms with Gasteiger partial charge in [-0.3, -0.25) is 0 Å². The normalized spacial score (nSPS) is 9.12. The van der Waals surface area contributed by atoms with Crippen LogP contribution in [0.1, 0.15) is 25.0 Å². The van der Waals surface area contributed by atoms with E-state index in [4.69, 9.17) is 5.26 Å². The van der Waals surface area contributed by atoms with Gasteiger partial charge in [0, 0.05) is 5.56 Å². The van der Waals surface area contributed by atoms with E-state index < -0.39 is 5.60 Å². The minimum Gasteiger partial charge on any atom is -0.378 e. The monoisotopic (exact) mass is 209 g/mol. The molecule has 0 heterocycles. The Hall–Kier alpha value is -2.21. The Balaban J connectivity index is 2.78. The molecule has 0 bridgehead atoms. The van der Waals surface area contributed by atoms with Crippen molar-refractivity contribution in [2.45, 2.75) is 19.4 Å². The van der Waals surface area contributed by atoms with Crippen LogP contribution in [-0.2, 0) is 0 Å². The third-order valence-corrected chi connectivity index (χ3v) is 1.65. The average Bonchev–Trinajstić information content (AvgIpc) is 2.24. The van der Waals surface area contributed by atoms with Crippen molar-refractivity contribution in [3.63, 3.8) is 0 Å². The van der Waals surface area contributed by atoms with E-state index in [1.807, 2.05) is 6.07 Å². The summed E-state index contributed by atoms with van der Waals surface area (Å²) in [7, 11) is 0. The number of benzene rings is 1. The number of nitrogens with zero attached hydrogens (tertiary/aromatic N) is 1. The van der Waals surface area contributed by atoms with Crippen molar-refractivity contribution in [2.75, 3.05) is 0 Å². The lowest BCUT2D eigenvalue weighted by atomic mass is 10.1. The van der Waals surface area contributed by atoms with Crippen LogP contribution in [0.4, 0.5) is 0 Å². The predicted molar refractivity (Wildman–Crippen MR) is 62.1 cm³/mol. The van der Waals surface area contributed by atoms with Crippen LogP contribution >= 0.6 is 0 Å². The number of rotatable bonds is 0. The van der Waals surface area contributed by atoms with Crippen molar-refractivity contribution in [2.24, 2.45) is 0 Å². The fourth-order valence-corrected chi connectivity index (χ4v) is 0.916. The summed E-state index contributed by atoms with van der Waals surface area (Å²) in [5.74, 6) is 10.6. The molecule has 0 fully saturated rings. The summed E-state index contributed by atoms with van der Waals surface area (Å²) in [6.45, 7) is 3.20. The summed E-state index contributed by atoms with van der Waals surface area (Å²) in [6.07, 6.45) is 0. The van der Waals surface area contributed by atoms with Gasteiger partial charge in [-0.1, -0.05) is 11.8 Å². The van der Waals surface area contributed by atoms with Crippen LogP contribution in [0.15, 0.2) is 24.3 Å². The van der Waals surface area contributed by atoms with Gasteiger partial charge < -0.3 is 5.11 Å². The zero-order valence-corrected chi connectivity index (χ0v) is 9.20. The molecule has 2 nitrogen and oxygen atoms in total. The summed E-state index contributed by atoms with van der Waals surface area (Å²) < 4.78 is 0. The maximum absolute atomic E-state index is 9.31. The molecule has 0 unspecified atom stereocenters. The van der Waals surface area contributed by atoms with Crippen LogP contribution in [-0.4, -0.2) is 10.7 Å². The minimum atomic E-state index is -1.01. The number of nitriles is 1. The molecule has 0 saturated heterocycles. The summed E-state index contributed by atoms with van der Waals surface area (Å²) in [5, 5.41) is 17.9. The van der Waals surface area contributed by atoms with E-state index in [0.29, 0.717) is 5.56 Å². The molecular weight excluding hydrogens is 198 g/mol. The Morgan fingerprint density at radius 2 is 1.62 bits per heavy atom. The molecule has 0 aliphatic rings. The van der Waals surface area contributed by atoms with Gasteiger partial charge in [-0.2, -0.15) is 5.26 Å². The molecular formula is C14H11NO. The van der Waals surface area contributed by atoms with E-state index in [1.165, 1.54) is 0 Å². The second-order valence-electron chi connectivity index (χ2n) is 3.75. The second-order valence-corrected chi connectivity index (χ2v) is 3.75. The van der Waals surface area contributed by atoms with Crippen LogP contribution in [0.2, 0.25) is 0 Å². The molecule has 0 atom stereocenters.